The van der Waals surface area contributed by atoms with Crippen LogP contribution in [0.25, 0.3) is 28.4 Å². The minimum Gasteiger partial charge on any atom is -0.466 e. The predicted molar refractivity (Wildman–Crippen MR) is 205 cm³/mol. The molecular weight excluding hydrogens is 699 g/mol. The van der Waals surface area contributed by atoms with Gasteiger partial charge in [-0.15, -0.1) is 11.8 Å². The van der Waals surface area contributed by atoms with Crippen molar-refractivity contribution < 1.29 is 32.6 Å². The van der Waals surface area contributed by atoms with Gasteiger partial charge in [-0.2, -0.15) is 5.10 Å². The Balaban J connectivity index is 1.39. The van der Waals surface area contributed by atoms with E-state index in [4.69, 9.17) is 19.3 Å². The summed E-state index contributed by atoms with van der Waals surface area (Å²) in [6.07, 6.45) is 8.08. The molecule has 5 aromatic rings. The summed E-state index contributed by atoms with van der Waals surface area (Å²) in [4.78, 5) is 31.1. The molecule has 0 spiro atoms. The van der Waals surface area contributed by atoms with Gasteiger partial charge in [-0.25, -0.2) is 13.8 Å². The van der Waals surface area contributed by atoms with Gasteiger partial charge in [0.1, 0.15) is 11.6 Å². The second kappa shape index (κ2) is 18.2. The van der Waals surface area contributed by atoms with Gasteiger partial charge in [-0.1, -0.05) is 57.2 Å². The van der Waals surface area contributed by atoms with Crippen molar-refractivity contribution in [1.29, 1.82) is 0 Å². The summed E-state index contributed by atoms with van der Waals surface area (Å²) in [6, 6.07) is 15.2. The van der Waals surface area contributed by atoms with E-state index in [0.717, 1.165) is 36.1 Å². The second-order valence-electron chi connectivity index (χ2n) is 13.4. The first kappa shape index (κ1) is 39.2. The highest BCUT2D eigenvalue weighted by atomic mass is 32.2. The third-order valence-electron chi connectivity index (χ3n) is 8.83. The molecule has 0 saturated carbocycles. The van der Waals surface area contributed by atoms with Crippen molar-refractivity contribution in [2.75, 3.05) is 24.7 Å². The Morgan fingerprint density at radius 3 is 2.60 bits per heavy atom. The van der Waals surface area contributed by atoms with Crippen molar-refractivity contribution in [3.8, 4) is 22.8 Å². The fraction of sp³-hybridized carbons (Fsp3) is 0.366. The average molecular weight is 745 g/mol. The number of aromatic nitrogens is 4. The molecule has 1 N–H and O–H groups in total. The number of nitrogens with zero attached hydrogens (tertiary/aromatic N) is 3. The van der Waals surface area contributed by atoms with Gasteiger partial charge in [0.15, 0.2) is 11.6 Å². The number of benzene rings is 3. The van der Waals surface area contributed by atoms with Crippen LogP contribution in [0, 0.1) is 17.0 Å². The zero-order valence-electron chi connectivity index (χ0n) is 30.6. The molecule has 0 aliphatic heterocycles. The number of nitrogens with one attached hydrogen (secondary N) is 1. The Labute approximate surface area is 313 Å². The lowest BCUT2D eigenvalue weighted by atomic mass is 9.87. The molecule has 9 nitrogen and oxygen atoms in total. The number of fused-ring (bicyclic) bond motifs is 1. The molecule has 0 aliphatic carbocycles. The van der Waals surface area contributed by atoms with E-state index in [0.29, 0.717) is 47.7 Å². The van der Waals surface area contributed by atoms with E-state index in [-0.39, 0.29) is 46.9 Å². The fourth-order valence-electron chi connectivity index (χ4n) is 6.23. The van der Waals surface area contributed by atoms with Crippen LogP contribution < -0.4 is 4.74 Å². The van der Waals surface area contributed by atoms with E-state index in [1.54, 1.807) is 31.7 Å². The van der Waals surface area contributed by atoms with Crippen LogP contribution in [0.15, 0.2) is 73.7 Å². The molecule has 3 aromatic carbocycles. The van der Waals surface area contributed by atoms with Crippen molar-refractivity contribution in [3.63, 3.8) is 0 Å². The summed E-state index contributed by atoms with van der Waals surface area (Å²) in [5.74, 6) is -0.280. The maximum absolute atomic E-state index is 15.4. The molecule has 0 radical (unpaired) electrons. The lowest BCUT2D eigenvalue weighted by molar-refractivity contribution is -0.143. The number of thioether (sulfide) groups is 1. The molecule has 280 valence electrons. The van der Waals surface area contributed by atoms with Gasteiger partial charge in [0.2, 0.25) is 0 Å². The standard InChI is InChI=1S/C41H46F2N4O5S/c1-6-30-39-35(44-26-45-39)23-33(43)40(30)52-29-15-16-32(42)31(22-29)34-18-20-47(46-34)36(13-10-19-41(4,5)25-53-24-38(49)51-8-3)28-12-9-11-27(21-28)14-17-37(48)50-7-2/h6,9,11-12,15-16,18,20-23,26,36H,1,7-8,10,13-14,17,19,24-25H2,2-5H3,(H,44,45). The highest BCUT2D eigenvalue weighted by Gasteiger charge is 2.23. The molecular formula is C41H46F2N4O5S. The molecule has 1 atom stereocenters. The topological polar surface area (TPSA) is 108 Å². The van der Waals surface area contributed by atoms with Crippen LogP contribution in [-0.4, -0.2) is 56.4 Å². The normalized spacial score (nSPS) is 12.1. The van der Waals surface area contributed by atoms with E-state index in [2.05, 4.69) is 36.5 Å². The summed E-state index contributed by atoms with van der Waals surface area (Å²) in [7, 11) is 0. The Morgan fingerprint density at radius 2 is 1.83 bits per heavy atom. The van der Waals surface area contributed by atoms with Crippen LogP contribution in [0.2, 0.25) is 0 Å². The van der Waals surface area contributed by atoms with Crippen LogP contribution >= 0.6 is 11.8 Å². The lowest BCUT2D eigenvalue weighted by Gasteiger charge is -2.26. The molecule has 53 heavy (non-hydrogen) atoms. The van der Waals surface area contributed by atoms with Crippen molar-refractivity contribution >= 4 is 40.8 Å². The third kappa shape index (κ3) is 10.3. The number of hydrogen-bond donors (Lipinski definition) is 1. The third-order valence-corrected chi connectivity index (χ3v) is 10.3. The number of halogens is 2. The lowest BCUT2D eigenvalue weighted by Crippen LogP contribution is -2.18. The summed E-state index contributed by atoms with van der Waals surface area (Å²) < 4.78 is 48.6. The second-order valence-corrected chi connectivity index (χ2v) is 14.4. The van der Waals surface area contributed by atoms with Crippen molar-refractivity contribution in [1.82, 2.24) is 19.7 Å². The Kier molecular flexibility index (Phi) is 13.5. The van der Waals surface area contributed by atoms with Gasteiger partial charge >= 0.3 is 11.9 Å². The van der Waals surface area contributed by atoms with Crippen molar-refractivity contribution in [2.45, 2.75) is 65.8 Å². The highest BCUT2D eigenvalue weighted by Crippen LogP contribution is 2.37. The maximum Gasteiger partial charge on any atom is 0.315 e. The molecule has 1 unspecified atom stereocenters. The molecule has 12 heteroatoms. The van der Waals surface area contributed by atoms with Crippen molar-refractivity contribution in [3.05, 3.63) is 102 Å². The number of carbonyl (C=O) groups excluding carboxylic acids is 2. The zero-order valence-corrected chi connectivity index (χ0v) is 31.4. The van der Waals surface area contributed by atoms with Crippen LogP contribution in [-0.2, 0) is 25.5 Å². The van der Waals surface area contributed by atoms with Crippen LogP contribution in [0.5, 0.6) is 11.5 Å². The predicted octanol–water partition coefficient (Wildman–Crippen LogP) is 9.72. The first-order valence-corrected chi connectivity index (χ1v) is 19.0. The molecule has 2 heterocycles. The highest BCUT2D eigenvalue weighted by molar-refractivity contribution is 7.99. The number of H-pyrrole nitrogens is 1. The molecule has 5 rings (SSSR count). The molecule has 0 amide bonds. The Bertz CT molecular complexity index is 2040. The number of esters is 2. The van der Waals surface area contributed by atoms with E-state index in [9.17, 15) is 9.59 Å². The zero-order chi connectivity index (χ0) is 38.0. The Morgan fingerprint density at radius 1 is 1.04 bits per heavy atom. The molecule has 0 bridgehead atoms. The first-order chi connectivity index (χ1) is 25.5. The smallest absolute Gasteiger partial charge is 0.315 e. The quantitative estimate of drug-likeness (QED) is 0.0833. The van der Waals surface area contributed by atoms with Gasteiger partial charge < -0.3 is 19.2 Å². The Hall–Kier alpha value is -4.97. The van der Waals surface area contributed by atoms with Gasteiger partial charge in [-0.05, 0) is 79.7 Å². The largest absolute Gasteiger partial charge is 0.466 e. The summed E-state index contributed by atoms with van der Waals surface area (Å²) in [5.41, 5.74) is 3.95. The summed E-state index contributed by atoms with van der Waals surface area (Å²) >= 11 is 1.57. The molecule has 0 fully saturated rings. The van der Waals surface area contributed by atoms with Gasteiger partial charge in [0.25, 0.3) is 0 Å². The van der Waals surface area contributed by atoms with Gasteiger partial charge in [0.05, 0.1) is 48.1 Å². The minimum atomic E-state index is -0.611. The maximum atomic E-state index is 15.4. The number of imidazole rings is 1. The average Bonchev–Trinajstić information content (AvgIpc) is 3.81. The number of ether oxygens (including phenoxy) is 3. The molecule has 2 aromatic heterocycles. The van der Waals surface area contributed by atoms with E-state index in [1.165, 1.54) is 36.7 Å². The molecule has 0 saturated heterocycles. The summed E-state index contributed by atoms with van der Waals surface area (Å²) in [6.45, 7) is 12.5. The van der Waals surface area contributed by atoms with Crippen LogP contribution in [0.1, 0.15) is 76.1 Å². The fourth-order valence-corrected chi connectivity index (χ4v) is 7.28. The van der Waals surface area contributed by atoms with Gasteiger partial charge in [-0.3, -0.25) is 14.3 Å². The molecule has 0 aliphatic rings. The number of rotatable bonds is 19. The SMILES string of the molecule is C=Cc1c(Oc2ccc(F)c(-c3ccn(C(CCCC(C)(C)CSCC(=O)OCC)c4cccc(CCC(=O)OCC)c4)n3)c2)c(F)cc2[nH]cnc12. The number of aryl methyl sites for hydroxylation is 1. The van der Waals surface area contributed by atoms with Gasteiger partial charge in [0, 0.05) is 29.8 Å². The van der Waals surface area contributed by atoms with E-state index >= 15 is 8.78 Å². The van der Waals surface area contributed by atoms with E-state index < -0.39 is 11.6 Å². The summed E-state index contributed by atoms with van der Waals surface area (Å²) in [5, 5.41) is 4.87. The number of aromatic amines is 1. The minimum absolute atomic E-state index is 0.0331. The van der Waals surface area contributed by atoms with E-state index in [1.807, 2.05) is 29.1 Å². The van der Waals surface area contributed by atoms with Crippen LogP contribution in [0.3, 0.4) is 0 Å². The number of carbonyl (C=O) groups is 2. The van der Waals surface area contributed by atoms with Crippen molar-refractivity contribution in [2.24, 2.45) is 5.41 Å². The monoisotopic (exact) mass is 744 g/mol. The van der Waals surface area contributed by atoms with Crippen LogP contribution in [0.4, 0.5) is 8.78 Å². The number of hydrogen-bond acceptors (Lipinski definition) is 8. The first-order valence-electron chi connectivity index (χ1n) is 17.8.